The molecule has 1 aromatic rings. The Kier molecular flexibility index (Phi) is 7.13. The second-order valence-electron chi connectivity index (χ2n) is 3.92. The van der Waals surface area contributed by atoms with E-state index in [0.717, 1.165) is 11.8 Å². The third kappa shape index (κ3) is 7.69. The zero-order valence-electron chi connectivity index (χ0n) is 11.6. The highest BCUT2D eigenvalue weighted by Gasteiger charge is 2.38. The number of halogens is 3. The highest BCUT2D eigenvalue weighted by Crippen LogP contribution is 2.26. The van der Waals surface area contributed by atoms with Gasteiger partial charge < -0.3 is 15.6 Å². The Labute approximate surface area is 124 Å². The maximum Gasteiger partial charge on any atom is 0.490 e. The van der Waals surface area contributed by atoms with Crippen LogP contribution in [0.3, 0.4) is 0 Å². The molecule has 4 N–H and O–H groups in total. The van der Waals surface area contributed by atoms with Gasteiger partial charge in [0.15, 0.2) is 0 Å². The van der Waals surface area contributed by atoms with E-state index in [0.29, 0.717) is 18.0 Å². The van der Waals surface area contributed by atoms with Gasteiger partial charge in [0.2, 0.25) is 10.0 Å². The van der Waals surface area contributed by atoms with Crippen molar-refractivity contribution in [3.8, 4) is 5.75 Å². The molecule has 0 aliphatic rings. The molecule has 11 heteroatoms. The average Bonchev–Trinajstić information content (AvgIpc) is 2.37. The van der Waals surface area contributed by atoms with Gasteiger partial charge >= 0.3 is 12.1 Å². The van der Waals surface area contributed by atoms with Crippen LogP contribution in [0.15, 0.2) is 18.2 Å². The van der Waals surface area contributed by atoms with Gasteiger partial charge in [-0.3, -0.25) is 4.72 Å². The summed E-state index contributed by atoms with van der Waals surface area (Å²) in [4.78, 5) is 8.90. The van der Waals surface area contributed by atoms with Crippen LogP contribution in [0.2, 0.25) is 0 Å². The van der Waals surface area contributed by atoms with Crippen LogP contribution in [0, 0.1) is 0 Å². The Morgan fingerprint density at radius 3 is 2.23 bits per heavy atom. The smallest absolute Gasteiger partial charge is 0.490 e. The van der Waals surface area contributed by atoms with Gasteiger partial charge in [-0.05, 0) is 17.7 Å². The van der Waals surface area contributed by atoms with E-state index in [9.17, 15) is 21.6 Å². The van der Waals surface area contributed by atoms with Crippen molar-refractivity contribution in [2.45, 2.75) is 12.7 Å². The first-order chi connectivity index (χ1) is 9.90. The Morgan fingerprint density at radius 2 is 1.91 bits per heavy atom. The van der Waals surface area contributed by atoms with Gasteiger partial charge in [-0.2, -0.15) is 13.2 Å². The number of rotatable bonds is 4. The molecule has 0 aromatic heterocycles. The second-order valence-corrected chi connectivity index (χ2v) is 5.66. The molecule has 0 fully saturated rings. The molecule has 0 amide bonds. The molecule has 0 heterocycles. The van der Waals surface area contributed by atoms with Crippen molar-refractivity contribution in [2.24, 2.45) is 5.73 Å². The number of anilines is 1. The lowest BCUT2D eigenvalue weighted by molar-refractivity contribution is -0.192. The zero-order chi connectivity index (χ0) is 17.6. The van der Waals surface area contributed by atoms with Crippen molar-refractivity contribution in [1.82, 2.24) is 0 Å². The molecule has 0 aliphatic carbocycles. The number of carboxylic acids is 1. The predicted molar refractivity (Wildman–Crippen MR) is 73.0 cm³/mol. The van der Waals surface area contributed by atoms with Gasteiger partial charge in [-0.25, -0.2) is 13.2 Å². The molecule has 1 aromatic carbocycles. The molecule has 0 unspecified atom stereocenters. The van der Waals surface area contributed by atoms with E-state index in [4.69, 9.17) is 20.4 Å². The third-order valence-corrected chi connectivity index (χ3v) is 2.63. The summed E-state index contributed by atoms with van der Waals surface area (Å²) in [5.41, 5.74) is 6.75. The normalized spacial score (nSPS) is 11.2. The standard InChI is InChI=1S/C9H14N2O3S.C2HF3O2/c1-14-9-5-7(6-10)3-4-8(9)11-15(2,12)13;3-2(4,5)1(6)7/h3-5,11H,6,10H2,1-2H3;(H,6,7). The summed E-state index contributed by atoms with van der Waals surface area (Å²) in [6, 6.07) is 5.08. The maximum absolute atomic E-state index is 11.0. The Hall–Kier alpha value is -2.01. The molecule has 0 saturated carbocycles. The van der Waals surface area contributed by atoms with E-state index >= 15 is 0 Å². The molecular formula is C11H15F3N2O5S. The number of alkyl halides is 3. The van der Waals surface area contributed by atoms with E-state index in [1.54, 1.807) is 18.2 Å². The summed E-state index contributed by atoms with van der Waals surface area (Å²) >= 11 is 0. The number of hydrogen-bond acceptors (Lipinski definition) is 5. The van der Waals surface area contributed by atoms with Gasteiger partial charge in [0.25, 0.3) is 0 Å². The van der Waals surface area contributed by atoms with Crippen molar-refractivity contribution in [1.29, 1.82) is 0 Å². The fraction of sp³-hybridized carbons (Fsp3) is 0.364. The maximum atomic E-state index is 11.0. The highest BCUT2D eigenvalue weighted by atomic mass is 32.2. The summed E-state index contributed by atoms with van der Waals surface area (Å²) in [6.07, 6.45) is -4.00. The fourth-order valence-corrected chi connectivity index (χ4v) is 1.71. The molecule has 0 bridgehead atoms. The lowest BCUT2D eigenvalue weighted by atomic mass is 10.2. The van der Waals surface area contributed by atoms with Crippen molar-refractivity contribution < 1.29 is 36.2 Å². The van der Waals surface area contributed by atoms with Crippen molar-refractivity contribution in [2.75, 3.05) is 18.1 Å². The minimum Gasteiger partial charge on any atom is -0.495 e. The summed E-state index contributed by atoms with van der Waals surface area (Å²) in [6.45, 7) is 0.384. The van der Waals surface area contributed by atoms with E-state index in [1.807, 2.05) is 0 Å². The molecule has 126 valence electrons. The number of carbonyl (C=O) groups is 1. The van der Waals surface area contributed by atoms with E-state index in [-0.39, 0.29) is 0 Å². The number of nitrogens with one attached hydrogen (secondary N) is 1. The van der Waals surface area contributed by atoms with Crippen molar-refractivity contribution in [3.63, 3.8) is 0 Å². The van der Waals surface area contributed by atoms with E-state index < -0.39 is 22.2 Å². The minimum absolute atomic E-state index is 0.384. The number of nitrogens with two attached hydrogens (primary N) is 1. The Bertz CT molecular complexity index is 617. The van der Waals surface area contributed by atoms with Crippen molar-refractivity contribution >= 4 is 21.7 Å². The number of hydrogen-bond donors (Lipinski definition) is 3. The second kappa shape index (κ2) is 7.84. The number of benzene rings is 1. The highest BCUT2D eigenvalue weighted by molar-refractivity contribution is 7.92. The first-order valence-electron chi connectivity index (χ1n) is 5.55. The Morgan fingerprint density at radius 1 is 1.41 bits per heavy atom. The predicted octanol–water partition coefficient (Wildman–Crippen LogP) is 1.16. The lowest BCUT2D eigenvalue weighted by Gasteiger charge is -2.10. The molecule has 22 heavy (non-hydrogen) atoms. The van der Waals surface area contributed by atoms with Gasteiger partial charge in [-0.15, -0.1) is 0 Å². The summed E-state index contributed by atoms with van der Waals surface area (Å²) in [7, 11) is -1.82. The fourth-order valence-electron chi connectivity index (χ4n) is 1.15. The molecule has 1 rings (SSSR count). The number of methoxy groups -OCH3 is 1. The van der Waals surface area contributed by atoms with Crippen LogP contribution < -0.4 is 15.2 Å². The molecule has 7 nitrogen and oxygen atoms in total. The van der Waals surface area contributed by atoms with Crippen LogP contribution in [0.4, 0.5) is 18.9 Å². The topological polar surface area (TPSA) is 119 Å². The van der Waals surface area contributed by atoms with E-state index in [1.165, 1.54) is 7.11 Å². The van der Waals surface area contributed by atoms with Crippen molar-refractivity contribution in [3.05, 3.63) is 23.8 Å². The van der Waals surface area contributed by atoms with Crippen LogP contribution in [-0.2, 0) is 21.4 Å². The van der Waals surface area contributed by atoms with Gasteiger partial charge in [-0.1, -0.05) is 6.07 Å². The Balaban J connectivity index is 0.000000534. The van der Waals surface area contributed by atoms with Crippen LogP contribution in [0.5, 0.6) is 5.75 Å². The van der Waals surface area contributed by atoms with Crippen LogP contribution in [-0.4, -0.2) is 39.0 Å². The summed E-state index contributed by atoms with van der Waals surface area (Å²) < 4.78 is 61.2. The van der Waals surface area contributed by atoms with Crippen LogP contribution in [0.1, 0.15) is 5.56 Å². The van der Waals surface area contributed by atoms with Gasteiger partial charge in [0.1, 0.15) is 5.75 Å². The molecular weight excluding hydrogens is 329 g/mol. The minimum atomic E-state index is -5.08. The van der Waals surface area contributed by atoms with Gasteiger partial charge in [0.05, 0.1) is 19.1 Å². The molecule has 0 saturated heterocycles. The largest absolute Gasteiger partial charge is 0.495 e. The first-order valence-corrected chi connectivity index (χ1v) is 7.44. The molecule has 0 spiro atoms. The zero-order valence-corrected chi connectivity index (χ0v) is 12.5. The summed E-state index contributed by atoms with van der Waals surface area (Å²) in [5, 5.41) is 7.12. The number of ether oxygens (including phenoxy) is 1. The monoisotopic (exact) mass is 344 g/mol. The molecule has 0 atom stereocenters. The third-order valence-electron chi connectivity index (χ3n) is 2.04. The molecule has 0 aliphatic heterocycles. The number of aliphatic carboxylic acids is 1. The number of sulfonamides is 1. The van der Waals surface area contributed by atoms with Gasteiger partial charge in [0, 0.05) is 6.54 Å². The lowest BCUT2D eigenvalue weighted by Crippen LogP contribution is -2.21. The number of carboxylic acid groups (broad SMARTS) is 1. The van der Waals surface area contributed by atoms with Crippen LogP contribution >= 0.6 is 0 Å². The first kappa shape index (κ1) is 20.0. The van der Waals surface area contributed by atoms with E-state index in [2.05, 4.69) is 4.72 Å². The average molecular weight is 344 g/mol. The molecule has 0 radical (unpaired) electrons. The SMILES string of the molecule is COc1cc(CN)ccc1NS(C)(=O)=O.O=C(O)C(F)(F)F. The summed E-state index contributed by atoms with van der Waals surface area (Å²) in [5.74, 6) is -2.30. The van der Waals surface area contributed by atoms with Crippen LogP contribution in [0.25, 0.3) is 0 Å². The quantitative estimate of drug-likeness (QED) is 0.754.